The largest absolute Gasteiger partial charge is 0.497 e. The van der Waals surface area contributed by atoms with E-state index < -0.39 is 0 Å². The van der Waals surface area contributed by atoms with Crippen LogP contribution in [-0.2, 0) is 0 Å². The van der Waals surface area contributed by atoms with Gasteiger partial charge in [0.2, 0.25) is 0 Å². The van der Waals surface area contributed by atoms with E-state index in [1.807, 2.05) is 6.07 Å². The molecule has 5 heteroatoms. The lowest BCUT2D eigenvalue weighted by molar-refractivity contribution is 0.409. The molecule has 0 atom stereocenters. The molecule has 0 aliphatic heterocycles. The molecule has 0 saturated carbocycles. The monoisotopic (exact) mass is 294 g/mol. The first-order valence-electron chi connectivity index (χ1n) is 4.91. The van der Waals surface area contributed by atoms with Gasteiger partial charge in [0, 0.05) is 16.7 Å². The Morgan fingerprint density at radius 3 is 2.71 bits per heavy atom. The molecule has 0 bridgehead atoms. The second-order valence-electron chi connectivity index (χ2n) is 3.34. The fourth-order valence-electron chi connectivity index (χ4n) is 1.31. The Kier molecular flexibility index (Phi) is 3.49. The molecule has 0 saturated heterocycles. The van der Waals surface area contributed by atoms with Crippen molar-refractivity contribution in [2.75, 3.05) is 12.8 Å². The summed E-state index contributed by atoms with van der Waals surface area (Å²) in [6, 6.07) is 7.06. The molecule has 0 aliphatic carbocycles. The smallest absolute Gasteiger partial charge is 0.154 e. The van der Waals surface area contributed by atoms with Gasteiger partial charge in [-0.2, -0.15) is 0 Å². The second-order valence-corrected chi connectivity index (χ2v) is 4.26. The molecule has 0 amide bonds. The van der Waals surface area contributed by atoms with Crippen LogP contribution in [0.4, 0.5) is 5.69 Å². The first kappa shape index (κ1) is 11.7. The van der Waals surface area contributed by atoms with E-state index in [1.165, 1.54) is 0 Å². The Morgan fingerprint density at radius 1 is 1.18 bits per heavy atom. The average molecular weight is 295 g/mol. The number of anilines is 1. The van der Waals surface area contributed by atoms with Crippen LogP contribution in [0.25, 0.3) is 0 Å². The van der Waals surface area contributed by atoms with Crippen molar-refractivity contribution in [3.05, 3.63) is 41.1 Å². The number of methoxy groups -OCH3 is 1. The van der Waals surface area contributed by atoms with Gasteiger partial charge in [0.05, 0.1) is 19.0 Å². The summed E-state index contributed by atoms with van der Waals surface area (Å²) in [5.41, 5.74) is 6.36. The zero-order chi connectivity index (χ0) is 12.3. The maximum atomic E-state index is 5.82. The molecule has 0 unspecified atom stereocenters. The van der Waals surface area contributed by atoms with E-state index in [9.17, 15) is 0 Å². The summed E-state index contributed by atoms with van der Waals surface area (Å²) in [7, 11) is 1.59. The van der Waals surface area contributed by atoms with Gasteiger partial charge in [0.25, 0.3) is 0 Å². The van der Waals surface area contributed by atoms with Crippen molar-refractivity contribution in [1.82, 2.24) is 4.98 Å². The zero-order valence-corrected chi connectivity index (χ0v) is 10.8. The van der Waals surface area contributed by atoms with Gasteiger partial charge in [0.1, 0.15) is 11.5 Å². The molecular formula is C12H11BrN2O2. The normalized spacial score (nSPS) is 10.0. The highest BCUT2D eigenvalue weighted by Crippen LogP contribution is 2.31. The van der Waals surface area contributed by atoms with Crippen LogP contribution in [0, 0.1) is 0 Å². The number of nitrogen functional groups attached to an aromatic ring is 1. The predicted octanol–water partition coefficient (Wildman–Crippen LogP) is 3.23. The summed E-state index contributed by atoms with van der Waals surface area (Å²) in [6.07, 6.45) is 3.30. The Labute approximate surface area is 108 Å². The number of benzene rings is 1. The van der Waals surface area contributed by atoms with E-state index in [0.29, 0.717) is 22.9 Å². The molecule has 2 N–H and O–H groups in total. The maximum Gasteiger partial charge on any atom is 0.154 e. The standard InChI is InChI=1S/C12H11BrN2O2/c1-16-9-2-3-11(14)12(5-9)17-10-4-8(13)6-15-7-10/h2-7H,14H2,1H3. The second kappa shape index (κ2) is 5.05. The van der Waals surface area contributed by atoms with Crippen molar-refractivity contribution >= 4 is 21.6 Å². The summed E-state index contributed by atoms with van der Waals surface area (Å²) >= 11 is 3.32. The number of hydrogen-bond acceptors (Lipinski definition) is 4. The average Bonchev–Trinajstić information content (AvgIpc) is 2.32. The summed E-state index contributed by atoms with van der Waals surface area (Å²) < 4.78 is 11.6. The Morgan fingerprint density at radius 2 is 2.00 bits per heavy atom. The highest BCUT2D eigenvalue weighted by molar-refractivity contribution is 9.10. The fraction of sp³-hybridized carbons (Fsp3) is 0.0833. The predicted molar refractivity (Wildman–Crippen MR) is 69.4 cm³/mol. The lowest BCUT2D eigenvalue weighted by Gasteiger charge is -2.09. The van der Waals surface area contributed by atoms with E-state index in [0.717, 1.165) is 4.47 Å². The van der Waals surface area contributed by atoms with Crippen LogP contribution in [0.5, 0.6) is 17.2 Å². The lowest BCUT2D eigenvalue weighted by Crippen LogP contribution is -1.93. The zero-order valence-electron chi connectivity index (χ0n) is 9.18. The number of halogens is 1. The lowest BCUT2D eigenvalue weighted by atomic mass is 10.3. The Balaban J connectivity index is 2.29. The van der Waals surface area contributed by atoms with Crippen molar-refractivity contribution in [1.29, 1.82) is 0 Å². The van der Waals surface area contributed by atoms with Crippen molar-refractivity contribution in [2.24, 2.45) is 0 Å². The van der Waals surface area contributed by atoms with Gasteiger partial charge in [-0.05, 0) is 34.1 Å². The highest BCUT2D eigenvalue weighted by atomic mass is 79.9. The third-order valence-corrected chi connectivity index (χ3v) is 2.56. The number of rotatable bonds is 3. The van der Waals surface area contributed by atoms with Crippen molar-refractivity contribution < 1.29 is 9.47 Å². The van der Waals surface area contributed by atoms with E-state index in [-0.39, 0.29) is 0 Å². The first-order chi connectivity index (χ1) is 8.19. The van der Waals surface area contributed by atoms with E-state index in [1.54, 1.807) is 37.7 Å². The number of hydrogen-bond donors (Lipinski definition) is 1. The molecule has 0 fully saturated rings. The molecule has 2 aromatic rings. The number of nitrogens with zero attached hydrogens (tertiary/aromatic N) is 1. The molecule has 0 radical (unpaired) electrons. The van der Waals surface area contributed by atoms with Crippen LogP contribution >= 0.6 is 15.9 Å². The SMILES string of the molecule is COc1ccc(N)c(Oc2cncc(Br)c2)c1. The minimum atomic E-state index is 0.546. The number of pyridine rings is 1. The van der Waals surface area contributed by atoms with E-state index >= 15 is 0 Å². The molecule has 88 valence electrons. The van der Waals surface area contributed by atoms with Gasteiger partial charge >= 0.3 is 0 Å². The number of ether oxygens (including phenoxy) is 2. The fourth-order valence-corrected chi connectivity index (χ4v) is 1.65. The van der Waals surface area contributed by atoms with Crippen molar-refractivity contribution in [3.8, 4) is 17.2 Å². The summed E-state index contributed by atoms with van der Waals surface area (Å²) in [5.74, 6) is 1.85. The van der Waals surface area contributed by atoms with Gasteiger partial charge in [0.15, 0.2) is 5.75 Å². The molecule has 0 spiro atoms. The van der Waals surface area contributed by atoms with Gasteiger partial charge in [-0.15, -0.1) is 0 Å². The van der Waals surface area contributed by atoms with Gasteiger partial charge in [-0.3, -0.25) is 4.98 Å². The van der Waals surface area contributed by atoms with Crippen LogP contribution in [0.1, 0.15) is 0 Å². The Hall–Kier alpha value is -1.75. The van der Waals surface area contributed by atoms with Crippen molar-refractivity contribution in [3.63, 3.8) is 0 Å². The molecule has 1 aromatic carbocycles. The highest BCUT2D eigenvalue weighted by Gasteiger charge is 2.05. The van der Waals surface area contributed by atoms with Gasteiger partial charge < -0.3 is 15.2 Å². The van der Waals surface area contributed by atoms with E-state index in [2.05, 4.69) is 20.9 Å². The molecule has 4 nitrogen and oxygen atoms in total. The topological polar surface area (TPSA) is 57.4 Å². The van der Waals surface area contributed by atoms with Crippen LogP contribution in [0.2, 0.25) is 0 Å². The third-order valence-electron chi connectivity index (χ3n) is 2.13. The number of nitrogens with two attached hydrogens (primary N) is 1. The molecule has 1 heterocycles. The van der Waals surface area contributed by atoms with E-state index in [4.69, 9.17) is 15.2 Å². The molecule has 1 aromatic heterocycles. The molecule has 2 rings (SSSR count). The van der Waals surface area contributed by atoms with Crippen LogP contribution in [-0.4, -0.2) is 12.1 Å². The van der Waals surface area contributed by atoms with Crippen LogP contribution < -0.4 is 15.2 Å². The minimum Gasteiger partial charge on any atom is -0.497 e. The Bertz CT molecular complexity index is 532. The molecule has 0 aliphatic rings. The van der Waals surface area contributed by atoms with Gasteiger partial charge in [-0.1, -0.05) is 0 Å². The third kappa shape index (κ3) is 2.88. The molecule has 17 heavy (non-hydrogen) atoms. The van der Waals surface area contributed by atoms with Gasteiger partial charge in [-0.25, -0.2) is 0 Å². The summed E-state index contributed by atoms with van der Waals surface area (Å²) in [6.45, 7) is 0. The summed E-state index contributed by atoms with van der Waals surface area (Å²) in [5, 5.41) is 0. The number of aromatic nitrogens is 1. The quantitative estimate of drug-likeness (QED) is 0.883. The van der Waals surface area contributed by atoms with Crippen LogP contribution in [0.3, 0.4) is 0 Å². The minimum absolute atomic E-state index is 0.546. The van der Waals surface area contributed by atoms with Crippen LogP contribution in [0.15, 0.2) is 41.1 Å². The summed E-state index contributed by atoms with van der Waals surface area (Å²) in [4.78, 5) is 4.01. The first-order valence-corrected chi connectivity index (χ1v) is 5.70. The maximum absolute atomic E-state index is 5.82. The molecular weight excluding hydrogens is 284 g/mol. The van der Waals surface area contributed by atoms with Crippen molar-refractivity contribution in [2.45, 2.75) is 0 Å².